The maximum absolute atomic E-state index is 5.55. The van der Waals surface area contributed by atoms with Crippen molar-refractivity contribution in [3.05, 3.63) is 100 Å². The van der Waals surface area contributed by atoms with Crippen molar-refractivity contribution in [2.24, 2.45) is 0 Å². The van der Waals surface area contributed by atoms with E-state index in [-0.39, 0.29) is 6.04 Å². The summed E-state index contributed by atoms with van der Waals surface area (Å²) in [4.78, 5) is 0. The Morgan fingerprint density at radius 1 is 0.880 bits per heavy atom. The number of benzene rings is 3. The normalized spacial score (nSPS) is 11.6. The van der Waals surface area contributed by atoms with E-state index >= 15 is 0 Å². The van der Waals surface area contributed by atoms with Gasteiger partial charge in [0.2, 0.25) is 0 Å². The van der Waals surface area contributed by atoms with E-state index in [2.05, 4.69) is 69.9 Å². The number of aryl methyl sites for hydroxylation is 1. The second kappa shape index (κ2) is 8.28. The van der Waals surface area contributed by atoms with Gasteiger partial charge in [0.25, 0.3) is 0 Å². The summed E-state index contributed by atoms with van der Waals surface area (Å²) in [5, 5.41) is 7.32. The molecular formula is C21H19BrN2S. The van der Waals surface area contributed by atoms with E-state index in [1.165, 1.54) is 16.7 Å². The molecule has 4 heteroatoms. The molecule has 2 N–H and O–H groups in total. The van der Waals surface area contributed by atoms with Gasteiger partial charge in [-0.1, -0.05) is 70.5 Å². The molecule has 3 aromatic rings. The van der Waals surface area contributed by atoms with Crippen molar-refractivity contribution in [2.75, 3.05) is 5.32 Å². The minimum absolute atomic E-state index is 0.00199. The van der Waals surface area contributed by atoms with E-state index < -0.39 is 0 Å². The van der Waals surface area contributed by atoms with Crippen LogP contribution in [0.15, 0.2) is 83.3 Å². The van der Waals surface area contributed by atoms with E-state index in [0.717, 1.165) is 10.2 Å². The van der Waals surface area contributed by atoms with Crippen molar-refractivity contribution in [1.29, 1.82) is 0 Å². The van der Waals surface area contributed by atoms with Gasteiger partial charge in [0.15, 0.2) is 5.11 Å². The van der Waals surface area contributed by atoms with Crippen molar-refractivity contribution >= 4 is 38.9 Å². The monoisotopic (exact) mass is 410 g/mol. The number of nitrogens with one attached hydrogen (secondary N) is 2. The molecule has 0 unspecified atom stereocenters. The highest BCUT2D eigenvalue weighted by atomic mass is 79.9. The van der Waals surface area contributed by atoms with Gasteiger partial charge in [0, 0.05) is 10.2 Å². The Hall–Kier alpha value is -2.17. The number of halogens is 1. The second-order valence-electron chi connectivity index (χ2n) is 5.81. The summed E-state index contributed by atoms with van der Waals surface area (Å²) in [5.74, 6) is 0. The van der Waals surface area contributed by atoms with Crippen LogP contribution in [0, 0.1) is 6.92 Å². The van der Waals surface area contributed by atoms with E-state index in [1.807, 2.05) is 42.5 Å². The number of hydrogen-bond donors (Lipinski definition) is 2. The molecule has 0 aliphatic carbocycles. The summed E-state index contributed by atoms with van der Waals surface area (Å²) in [7, 11) is 0. The average molecular weight is 411 g/mol. The minimum atomic E-state index is -0.00199. The van der Waals surface area contributed by atoms with Crippen LogP contribution in [-0.2, 0) is 0 Å². The van der Waals surface area contributed by atoms with E-state index in [1.54, 1.807) is 0 Å². The van der Waals surface area contributed by atoms with Gasteiger partial charge in [-0.3, -0.25) is 0 Å². The molecule has 0 spiro atoms. The van der Waals surface area contributed by atoms with Gasteiger partial charge in [-0.15, -0.1) is 0 Å². The summed E-state index contributed by atoms with van der Waals surface area (Å²) in [5.41, 5.74) is 4.58. The molecule has 0 radical (unpaired) electrons. The largest absolute Gasteiger partial charge is 0.352 e. The van der Waals surface area contributed by atoms with E-state index in [9.17, 15) is 0 Å². The number of rotatable bonds is 4. The molecule has 2 nitrogen and oxygen atoms in total. The Morgan fingerprint density at radius 3 is 2.20 bits per heavy atom. The third-order valence-electron chi connectivity index (χ3n) is 4.01. The fourth-order valence-electron chi connectivity index (χ4n) is 2.73. The zero-order valence-corrected chi connectivity index (χ0v) is 16.3. The fourth-order valence-corrected chi connectivity index (χ4v) is 3.23. The molecule has 0 fully saturated rings. The molecule has 0 heterocycles. The Morgan fingerprint density at radius 2 is 1.52 bits per heavy atom. The molecule has 0 aliphatic heterocycles. The first-order chi connectivity index (χ1) is 12.1. The van der Waals surface area contributed by atoms with Crippen LogP contribution in [0.25, 0.3) is 0 Å². The molecule has 0 amide bonds. The van der Waals surface area contributed by atoms with Crippen LogP contribution in [0.2, 0.25) is 0 Å². The van der Waals surface area contributed by atoms with Gasteiger partial charge in [-0.25, -0.2) is 0 Å². The molecule has 0 saturated heterocycles. The predicted octanol–water partition coefficient (Wildman–Crippen LogP) is 5.83. The quantitative estimate of drug-likeness (QED) is 0.528. The van der Waals surface area contributed by atoms with Gasteiger partial charge in [0.1, 0.15) is 0 Å². The smallest absolute Gasteiger partial charge is 0.171 e. The Kier molecular flexibility index (Phi) is 5.84. The van der Waals surface area contributed by atoms with E-state index in [0.29, 0.717) is 5.11 Å². The maximum atomic E-state index is 5.55. The second-order valence-corrected chi connectivity index (χ2v) is 7.13. The molecule has 0 saturated carbocycles. The van der Waals surface area contributed by atoms with Crippen LogP contribution >= 0.6 is 28.1 Å². The minimum Gasteiger partial charge on any atom is -0.352 e. The lowest BCUT2D eigenvalue weighted by molar-refractivity contribution is 0.762. The first-order valence-electron chi connectivity index (χ1n) is 8.07. The van der Waals surface area contributed by atoms with Gasteiger partial charge in [0.05, 0.1) is 6.04 Å². The maximum Gasteiger partial charge on any atom is 0.171 e. The molecule has 3 aromatic carbocycles. The molecule has 0 aliphatic rings. The summed E-state index contributed by atoms with van der Waals surface area (Å²) < 4.78 is 1.04. The summed E-state index contributed by atoms with van der Waals surface area (Å²) >= 11 is 9.00. The summed E-state index contributed by atoms with van der Waals surface area (Å²) in [6, 6.07) is 26.7. The predicted molar refractivity (Wildman–Crippen MR) is 113 cm³/mol. The third-order valence-corrected chi connectivity index (χ3v) is 4.76. The van der Waals surface area contributed by atoms with Crippen LogP contribution < -0.4 is 10.6 Å². The van der Waals surface area contributed by atoms with Crippen molar-refractivity contribution in [3.8, 4) is 0 Å². The number of thiocarbonyl (C=S) groups is 1. The lowest BCUT2D eigenvalue weighted by Gasteiger charge is -2.23. The van der Waals surface area contributed by atoms with Crippen LogP contribution in [0.4, 0.5) is 5.69 Å². The molecule has 25 heavy (non-hydrogen) atoms. The van der Waals surface area contributed by atoms with Crippen molar-refractivity contribution in [3.63, 3.8) is 0 Å². The Bertz CT molecular complexity index is 847. The van der Waals surface area contributed by atoms with Crippen LogP contribution in [-0.4, -0.2) is 5.11 Å². The van der Waals surface area contributed by atoms with Crippen LogP contribution in [0.3, 0.4) is 0 Å². The fraction of sp³-hybridized carbons (Fsp3) is 0.0952. The highest BCUT2D eigenvalue weighted by molar-refractivity contribution is 9.10. The van der Waals surface area contributed by atoms with Crippen LogP contribution in [0.1, 0.15) is 22.7 Å². The first-order valence-corrected chi connectivity index (χ1v) is 9.27. The number of hydrogen-bond acceptors (Lipinski definition) is 1. The molecule has 0 aromatic heterocycles. The topological polar surface area (TPSA) is 24.1 Å². The van der Waals surface area contributed by atoms with E-state index in [4.69, 9.17) is 12.2 Å². The van der Waals surface area contributed by atoms with Crippen LogP contribution in [0.5, 0.6) is 0 Å². The van der Waals surface area contributed by atoms with Gasteiger partial charge < -0.3 is 10.6 Å². The summed E-state index contributed by atoms with van der Waals surface area (Å²) in [6.45, 7) is 2.12. The zero-order valence-electron chi connectivity index (χ0n) is 13.9. The van der Waals surface area contributed by atoms with Crippen molar-refractivity contribution in [2.45, 2.75) is 13.0 Å². The molecule has 1 atom stereocenters. The third kappa shape index (κ3) is 4.68. The average Bonchev–Trinajstić information content (AvgIpc) is 2.63. The zero-order chi connectivity index (χ0) is 17.6. The van der Waals surface area contributed by atoms with Crippen molar-refractivity contribution < 1.29 is 0 Å². The van der Waals surface area contributed by atoms with Gasteiger partial charge in [-0.05, 0) is 60.1 Å². The molecule has 126 valence electrons. The van der Waals surface area contributed by atoms with Gasteiger partial charge in [-0.2, -0.15) is 0 Å². The standard InChI is InChI=1S/C21H19BrN2S/c1-15-7-5-6-10-19(15)20(16-8-3-2-4-9-16)24-21(25)23-18-13-11-17(22)12-14-18/h2-14,20H,1H3,(H2,23,24,25)/t20-/m1/s1. The molecule has 3 rings (SSSR count). The highest BCUT2D eigenvalue weighted by Gasteiger charge is 2.16. The molecular weight excluding hydrogens is 392 g/mol. The highest BCUT2D eigenvalue weighted by Crippen LogP contribution is 2.25. The van der Waals surface area contributed by atoms with Gasteiger partial charge >= 0.3 is 0 Å². The SMILES string of the molecule is Cc1ccccc1[C@H](NC(=S)Nc1ccc(Br)cc1)c1ccccc1. The lowest BCUT2D eigenvalue weighted by atomic mass is 9.95. The number of anilines is 1. The summed E-state index contributed by atoms with van der Waals surface area (Å²) in [6.07, 6.45) is 0. The molecule has 0 bridgehead atoms. The Labute approximate surface area is 162 Å². The first kappa shape index (κ1) is 17.6. The Balaban J connectivity index is 1.84. The lowest BCUT2D eigenvalue weighted by Crippen LogP contribution is -2.33. The van der Waals surface area contributed by atoms with Crippen molar-refractivity contribution in [1.82, 2.24) is 5.32 Å².